The first kappa shape index (κ1) is 15.0. The van der Waals surface area contributed by atoms with E-state index >= 15 is 0 Å². The lowest BCUT2D eigenvalue weighted by molar-refractivity contribution is -0.384. The van der Waals surface area contributed by atoms with Crippen molar-refractivity contribution in [1.82, 2.24) is 4.57 Å². The highest BCUT2D eigenvalue weighted by Crippen LogP contribution is 2.29. The number of hydrogen-bond acceptors (Lipinski definition) is 2. The maximum absolute atomic E-state index is 10.8. The third-order valence-corrected chi connectivity index (χ3v) is 4.06. The van der Waals surface area contributed by atoms with E-state index in [1.54, 1.807) is 24.3 Å². The lowest BCUT2D eigenvalue weighted by atomic mass is 10.1. The maximum Gasteiger partial charge on any atom is 0.269 e. The van der Waals surface area contributed by atoms with Crippen LogP contribution in [0.2, 0.25) is 0 Å². The number of benzene rings is 2. The maximum atomic E-state index is 10.8. The molecular weight excluding hydrogens is 288 g/mol. The number of non-ortho nitro benzene ring substituents is 1. The lowest BCUT2D eigenvalue weighted by Gasteiger charge is -2.15. The van der Waals surface area contributed by atoms with Crippen molar-refractivity contribution in [2.24, 2.45) is 0 Å². The molecule has 4 heteroatoms. The van der Waals surface area contributed by atoms with E-state index in [9.17, 15) is 10.1 Å². The van der Waals surface area contributed by atoms with Crippen LogP contribution in [0, 0.1) is 30.9 Å². The van der Waals surface area contributed by atoms with Crippen molar-refractivity contribution in [1.29, 1.82) is 0 Å². The quantitative estimate of drug-likeness (QED) is 0.506. The van der Waals surface area contributed by atoms with Crippen LogP contribution in [-0.4, -0.2) is 9.49 Å². The summed E-state index contributed by atoms with van der Waals surface area (Å²) in [5.41, 5.74) is 6.77. The van der Waals surface area contributed by atoms with Gasteiger partial charge in [0.1, 0.15) is 0 Å². The molecule has 23 heavy (non-hydrogen) atoms. The van der Waals surface area contributed by atoms with E-state index in [1.165, 1.54) is 11.1 Å². The Morgan fingerprint density at radius 1 is 0.913 bits per heavy atom. The number of nitrogens with zero attached hydrogens (tertiary/aromatic N) is 2. The van der Waals surface area contributed by atoms with Crippen molar-refractivity contribution >= 4 is 5.69 Å². The van der Waals surface area contributed by atoms with Gasteiger partial charge in [0.05, 0.1) is 10.6 Å². The Labute approximate surface area is 135 Å². The van der Waals surface area contributed by atoms with Gasteiger partial charge in [-0.1, -0.05) is 12.1 Å². The fourth-order valence-corrected chi connectivity index (χ4v) is 2.80. The van der Waals surface area contributed by atoms with Gasteiger partial charge in [0.2, 0.25) is 0 Å². The molecule has 0 atom stereocenters. The van der Waals surface area contributed by atoms with E-state index in [0.717, 1.165) is 22.6 Å². The van der Waals surface area contributed by atoms with Crippen LogP contribution in [0.3, 0.4) is 0 Å². The summed E-state index contributed by atoms with van der Waals surface area (Å²) in [6, 6.07) is 17.2. The van der Waals surface area contributed by atoms with Crippen molar-refractivity contribution in [2.45, 2.75) is 20.8 Å². The molecule has 116 valence electrons. The lowest BCUT2D eigenvalue weighted by Crippen LogP contribution is -2.02. The van der Waals surface area contributed by atoms with Gasteiger partial charge in [0, 0.05) is 23.5 Å². The van der Waals surface area contributed by atoms with Crippen LogP contribution in [0.5, 0.6) is 0 Å². The number of nitro benzene ring substituents is 1. The van der Waals surface area contributed by atoms with Crippen molar-refractivity contribution in [3.05, 3.63) is 81.5 Å². The number of hydrogen-bond donors (Lipinski definition) is 0. The smallest absolute Gasteiger partial charge is 0.269 e. The molecule has 0 aliphatic rings. The molecule has 1 aromatic heterocycles. The highest BCUT2D eigenvalue weighted by molar-refractivity contribution is 5.66. The van der Waals surface area contributed by atoms with Gasteiger partial charge in [-0.25, -0.2) is 0 Å². The second kappa shape index (κ2) is 5.72. The molecule has 2 aromatic carbocycles. The zero-order chi connectivity index (χ0) is 16.6. The molecular formula is C19H18N2O2. The van der Waals surface area contributed by atoms with Crippen molar-refractivity contribution in [3.63, 3.8) is 0 Å². The molecule has 0 aliphatic carbocycles. The molecule has 0 spiro atoms. The first-order valence-corrected chi connectivity index (χ1v) is 7.48. The Bertz CT molecular complexity index is 877. The molecule has 0 bridgehead atoms. The molecule has 0 amide bonds. The van der Waals surface area contributed by atoms with Gasteiger partial charge < -0.3 is 4.57 Å². The van der Waals surface area contributed by atoms with E-state index < -0.39 is 0 Å². The Hall–Kier alpha value is -2.88. The van der Waals surface area contributed by atoms with Crippen LogP contribution < -0.4 is 0 Å². The summed E-state index contributed by atoms with van der Waals surface area (Å²) in [6.45, 7) is 6.23. The van der Waals surface area contributed by atoms with Gasteiger partial charge in [-0.15, -0.1) is 0 Å². The van der Waals surface area contributed by atoms with E-state index in [4.69, 9.17) is 0 Å². The number of aromatic nitrogens is 1. The first-order chi connectivity index (χ1) is 11.0. The van der Waals surface area contributed by atoms with Gasteiger partial charge in [-0.3, -0.25) is 10.1 Å². The molecule has 3 aromatic rings. The number of rotatable bonds is 3. The highest BCUT2D eigenvalue weighted by atomic mass is 16.6. The molecule has 1 heterocycles. The second-order valence-electron chi connectivity index (χ2n) is 5.79. The number of aryl methyl sites for hydroxylation is 3. The van der Waals surface area contributed by atoms with E-state index in [2.05, 4.69) is 55.7 Å². The average molecular weight is 306 g/mol. The predicted octanol–water partition coefficient (Wildman–Crippen LogP) is 4.98. The molecule has 0 saturated heterocycles. The third-order valence-electron chi connectivity index (χ3n) is 4.06. The minimum atomic E-state index is -0.376. The zero-order valence-corrected chi connectivity index (χ0v) is 13.4. The minimum Gasteiger partial charge on any atom is -0.314 e. The van der Waals surface area contributed by atoms with Gasteiger partial charge in [-0.2, -0.15) is 0 Å². The minimum absolute atomic E-state index is 0.107. The summed E-state index contributed by atoms with van der Waals surface area (Å²) in [5, 5.41) is 10.8. The summed E-state index contributed by atoms with van der Waals surface area (Å²) in [7, 11) is 0. The van der Waals surface area contributed by atoms with Crippen molar-refractivity contribution in [3.8, 4) is 16.9 Å². The average Bonchev–Trinajstić information content (AvgIpc) is 2.91. The van der Waals surface area contributed by atoms with E-state index in [0.29, 0.717) is 0 Å². The fourth-order valence-electron chi connectivity index (χ4n) is 2.80. The molecule has 0 N–H and O–H groups in total. The van der Waals surface area contributed by atoms with Gasteiger partial charge in [0.25, 0.3) is 5.69 Å². The Balaban J connectivity index is 2.15. The van der Waals surface area contributed by atoms with E-state index in [1.807, 2.05) is 0 Å². The SMILES string of the molecule is Cc1ccc(C)c(-n2c(C)ccc2-c2ccc([N+](=O)[O-])cc2)c1. The summed E-state index contributed by atoms with van der Waals surface area (Å²) < 4.78 is 2.20. The van der Waals surface area contributed by atoms with Crippen LogP contribution in [0.4, 0.5) is 5.69 Å². The van der Waals surface area contributed by atoms with Gasteiger partial charge in [-0.05, 0) is 67.8 Å². The van der Waals surface area contributed by atoms with Gasteiger partial charge in [0.15, 0.2) is 0 Å². The highest BCUT2D eigenvalue weighted by Gasteiger charge is 2.13. The first-order valence-electron chi connectivity index (χ1n) is 7.48. The summed E-state index contributed by atoms with van der Waals surface area (Å²) in [4.78, 5) is 10.4. The van der Waals surface area contributed by atoms with Crippen molar-refractivity contribution in [2.75, 3.05) is 0 Å². The summed E-state index contributed by atoms with van der Waals surface area (Å²) in [6.07, 6.45) is 0. The monoisotopic (exact) mass is 306 g/mol. The Kier molecular flexibility index (Phi) is 3.74. The Morgan fingerprint density at radius 2 is 1.61 bits per heavy atom. The van der Waals surface area contributed by atoms with Crippen LogP contribution in [0.15, 0.2) is 54.6 Å². The summed E-state index contributed by atoms with van der Waals surface area (Å²) >= 11 is 0. The largest absolute Gasteiger partial charge is 0.314 e. The molecule has 0 unspecified atom stereocenters. The zero-order valence-electron chi connectivity index (χ0n) is 13.4. The van der Waals surface area contributed by atoms with Crippen LogP contribution >= 0.6 is 0 Å². The van der Waals surface area contributed by atoms with Crippen molar-refractivity contribution < 1.29 is 4.92 Å². The Morgan fingerprint density at radius 3 is 2.26 bits per heavy atom. The van der Waals surface area contributed by atoms with Crippen LogP contribution in [-0.2, 0) is 0 Å². The second-order valence-corrected chi connectivity index (χ2v) is 5.79. The molecule has 0 aliphatic heterocycles. The van der Waals surface area contributed by atoms with Gasteiger partial charge >= 0.3 is 0 Å². The molecule has 0 radical (unpaired) electrons. The summed E-state index contributed by atoms with van der Waals surface area (Å²) in [5.74, 6) is 0. The molecule has 3 rings (SSSR count). The molecule has 0 saturated carbocycles. The van der Waals surface area contributed by atoms with E-state index in [-0.39, 0.29) is 10.6 Å². The molecule has 0 fully saturated rings. The van der Waals surface area contributed by atoms with Crippen LogP contribution in [0.25, 0.3) is 16.9 Å². The third kappa shape index (κ3) is 2.75. The normalized spacial score (nSPS) is 10.7. The standard InChI is InChI=1S/C19H18N2O2/c1-13-4-5-14(2)19(12-13)20-15(3)6-11-18(20)16-7-9-17(10-8-16)21(22)23/h4-12H,1-3H3. The number of nitro groups is 1. The topological polar surface area (TPSA) is 48.1 Å². The van der Waals surface area contributed by atoms with Crippen LogP contribution in [0.1, 0.15) is 16.8 Å². The fraction of sp³-hybridized carbons (Fsp3) is 0.158. The molecule has 4 nitrogen and oxygen atoms in total. The predicted molar refractivity (Wildman–Crippen MR) is 92.1 cm³/mol.